The second kappa shape index (κ2) is 10.6. The summed E-state index contributed by atoms with van der Waals surface area (Å²) in [6.45, 7) is 3.75. The third-order valence-electron chi connectivity index (χ3n) is 6.11. The first-order chi connectivity index (χ1) is 15.6. The summed E-state index contributed by atoms with van der Waals surface area (Å²) in [7, 11) is 0. The quantitative estimate of drug-likeness (QED) is 0.490. The number of thiocarbonyl (C=S) groups is 1. The van der Waals surface area contributed by atoms with Gasteiger partial charge < -0.3 is 19.9 Å². The summed E-state index contributed by atoms with van der Waals surface area (Å²) in [5.74, 6) is 0.808. The van der Waals surface area contributed by atoms with Crippen LogP contribution >= 0.6 is 12.2 Å². The second-order valence-electron chi connectivity index (χ2n) is 8.37. The van der Waals surface area contributed by atoms with Gasteiger partial charge in [0.25, 0.3) is 5.56 Å². The topological polar surface area (TPSA) is 57.4 Å². The Hall–Kier alpha value is -2.86. The van der Waals surface area contributed by atoms with E-state index in [0.717, 1.165) is 35.1 Å². The SMILES string of the molecule is CCOc1ccc2[nH]c(=O)c(CN(C(=S)NCc3ccccc3)C3CCCCC3)cc2c1. The molecule has 32 heavy (non-hydrogen) atoms. The van der Waals surface area contributed by atoms with E-state index in [4.69, 9.17) is 17.0 Å². The number of aromatic amines is 1. The minimum absolute atomic E-state index is 0.0617. The number of H-pyrrole nitrogens is 1. The molecule has 1 heterocycles. The van der Waals surface area contributed by atoms with Crippen molar-refractivity contribution in [3.05, 3.63) is 76.1 Å². The number of benzene rings is 2. The van der Waals surface area contributed by atoms with Crippen molar-refractivity contribution >= 4 is 28.2 Å². The Bertz CT molecular complexity index is 1110. The van der Waals surface area contributed by atoms with Gasteiger partial charge in [0.1, 0.15) is 5.75 Å². The first kappa shape index (κ1) is 22.3. The molecule has 1 aliphatic carbocycles. The van der Waals surface area contributed by atoms with Crippen molar-refractivity contribution < 1.29 is 4.74 Å². The molecule has 0 aliphatic heterocycles. The minimum Gasteiger partial charge on any atom is -0.494 e. The summed E-state index contributed by atoms with van der Waals surface area (Å²) in [6.07, 6.45) is 5.88. The first-order valence-electron chi connectivity index (χ1n) is 11.5. The Kier molecular flexibility index (Phi) is 7.43. The van der Waals surface area contributed by atoms with E-state index in [9.17, 15) is 4.79 Å². The van der Waals surface area contributed by atoms with Gasteiger partial charge in [0.15, 0.2) is 5.11 Å². The standard InChI is InChI=1S/C26H31N3O2S/c1-2-31-23-13-14-24-20(16-23)15-21(25(30)28-24)18-29(22-11-7-4-8-12-22)26(32)27-17-19-9-5-3-6-10-19/h3,5-6,9-10,13-16,22H,2,4,7-8,11-12,17-18H2,1H3,(H,27,32)(H,28,30). The molecule has 2 N–H and O–H groups in total. The van der Waals surface area contributed by atoms with Gasteiger partial charge in [-0.2, -0.15) is 0 Å². The molecular formula is C26H31N3O2S. The molecule has 0 spiro atoms. The van der Waals surface area contributed by atoms with Crippen LogP contribution in [0.1, 0.15) is 50.2 Å². The highest BCUT2D eigenvalue weighted by Gasteiger charge is 2.24. The van der Waals surface area contributed by atoms with Crippen LogP contribution in [-0.4, -0.2) is 27.6 Å². The van der Waals surface area contributed by atoms with E-state index in [2.05, 4.69) is 27.3 Å². The van der Waals surface area contributed by atoms with E-state index in [1.165, 1.54) is 24.8 Å². The van der Waals surface area contributed by atoms with Crippen molar-refractivity contribution in [3.8, 4) is 5.75 Å². The molecule has 2 aromatic carbocycles. The van der Waals surface area contributed by atoms with Crippen molar-refractivity contribution in [2.45, 2.75) is 58.2 Å². The smallest absolute Gasteiger partial charge is 0.253 e. The van der Waals surface area contributed by atoms with Crippen LogP contribution in [0.2, 0.25) is 0 Å². The van der Waals surface area contributed by atoms with Gasteiger partial charge in [-0.3, -0.25) is 4.79 Å². The summed E-state index contributed by atoms with van der Waals surface area (Å²) >= 11 is 5.83. The van der Waals surface area contributed by atoms with E-state index in [1.54, 1.807) is 0 Å². The molecule has 4 rings (SSSR count). The molecule has 168 valence electrons. The Labute approximate surface area is 194 Å². The maximum Gasteiger partial charge on any atom is 0.253 e. The maximum absolute atomic E-state index is 12.9. The van der Waals surface area contributed by atoms with Crippen LogP contribution in [0.3, 0.4) is 0 Å². The van der Waals surface area contributed by atoms with Gasteiger partial charge in [-0.15, -0.1) is 0 Å². The summed E-state index contributed by atoms with van der Waals surface area (Å²) in [4.78, 5) is 18.1. The Morgan fingerprint density at radius 1 is 1.12 bits per heavy atom. The molecule has 1 aromatic heterocycles. The molecule has 5 nitrogen and oxygen atoms in total. The second-order valence-corrected chi connectivity index (χ2v) is 8.76. The highest BCUT2D eigenvalue weighted by Crippen LogP contribution is 2.25. The number of hydrogen-bond donors (Lipinski definition) is 2. The third kappa shape index (κ3) is 5.49. The molecule has 1 fully saturated rings. The van der Waals surface area contributed by atoms with Gasteiger partial charge in [-0.05, 0) is 61.8 Å². The highest BCUT2D eigenvalue weighted by molar-refractivity contribution is 7.80. The van der Waals surface area contributed by atoms with Crippen LogP contribution in [0.4, 0.5) is 0 Å². The predicted molar refractivity (Wildman–Crippen MR) is 134 cm³/mol. The van der Waals surface area contributed by atoms with E-state index >= 15 is 0 Å². The predicted octanol–water partition coefficient (Wildman–Crippen LogP) is 5.14. The lowest BCUT2D eigenvalue weighted by Gasteiger charge is -2.36. The van der Waals surface area contributed by atoms with Crippen molar-refractivity contribution in [1.29, 1.82) is 0 Å². The zero-order valence-electron chi connectivity index (χ0n) is 18.6. The molecule has 0 saturated heterocycles. The Morgan fingerprint density at radius 3 is 2.66 bits per heavy atom. The monoisotopic (exact) mass is 449 g/mol. The van der Waals surface area contributed by atoms with E-state index in [-0.39, 0.29) is 5.56 Å². The number of rotatable bonds is 7. The first-order valence-corrected chi connectivity index (χ1v) is 11.9. The molecular weight excluding hydrogens is 418 g/mol. The lowest BCUT2D eigenvalue weighted by atomic mass is 9.94. The average molecular weight is 450 g/mol. The summed E-state index contributed by atoms with van der Waals surface area (Å²) in [5, 5.41) is 5.11. The van der Waals surface area contributed by atoms with Crippen LogP contribution in [0, 0.1) is 0 Å². The van der Waals surface area contributed by atoms with Crippen molar-refractivity contribution in [3.63, 3.8) is 0 Å². The van der Waals surface area contributed by atoms with Gasteiger partial charge in [-0.1, -0.05) is 49.6 Å². The zero-order chi connectivity index (χ0) is 22.3. The van der Waals surface area contributed by atoms with Crippen molar-refractivity contribution in [1.82, 2.24) is 15.2 Å². The van der Waals surface area contributed by atoms with E-state index < -0.39 is 0 Å². The number of nitrogens with one attached hydrogen (secondary N) is 2. The normalized spacial score (nSPS) is 14.3. The van der Waals surface area contributed by atoms with Gasteiger partial charge in [0.2, 0.25) is 0 Å². The van der Waals surface area contributed by atoms with Crippen LogP contribution in [0.25, 0.3) is 10.9 Å². The molecule has 0 amide bonds. The fourth-order valence-corrected chi connectivity index (χ4v) is 4.71. The highest BCUT2D eigenvalue weighted by atomic mass is 32.1. The van der Waals surface area contributed by atoms with Crippen LogP contribution < -0.4 is 15.6 Å². The molecule has 0 unspecified atom stereocenters. The third-order valence-corrected chi connectivity index (χ3v) is 6.49. The molecule has 1 saturated carbocycles. The van der Waals surface area contributed by atoms with Gasteiger partial charge in [-0.25, -0.2) is 0 Å². The van der Waals surface area contributed by atoms with Crippen LogP contribution in [0.15, 0.2) is 59.4 Å². The van der Waals surface area contributed by atoms with Crippen LogP contribution in [-0.2, 0) is 13.1 Å². The fraction of sp³-hybridized carbons (Fsp3) is 0.385. The number of ether oxygens (including phenoxy) is 1. The summed E-state index contributed by atoms with van der Waals surface area (Å²) in [5.41, 5.74) is 2.66. The minimum atomic E-state index is -0.0617. The summed E-state index contributed by atoms with van der Waals surface area (Å²) < 4.78 is 5.64. The number of nitrogens with zero attached hydrogens (tertiary/aromatic N) is 1. The molecule has 6 heteroatoms. The summed E-state index contributed by atoms with van der Waals surface area (Å²) in [6, 6.07) is 18.4. The Morgan fingerprint density at radius 2 is 1.91 bits per heavy atom. The number of aromatic nitrogens is 1. The lowest BCUT2D eigenvalue weighted by molar-refractivity contribution is 0.234. The zero-order valence-corrected chi connectivity index (χ0v) is 19.4. The van der Waals surface area contributed by atoms with E-state index in [1.807, 2.05) is 49.4 Å². The molecule has 0 bridgehead atoms. The van der Waals surface area contributed by atoms with Gasteiger partial charge >= 0.3 is 0 Å². The maximum atomic E-state index is 12.9. The van der Waals surface area contributed by atoms with Gasteiger partial charge in [0.05, 0.1) is 13.2 Å². The van der Waals surface area contributed by atoms with Crippen LogP contribution in [0.5, 0.6) is 5.75 Å². The van der Waals surface area contributed by atoms with E-state index in [0.29, 0.717) is 30.9 Å². The average Bonchev–Trinajstić information content (AvgIpc) is 2.83. The van der Waals surface area contributed by atoms with Crippen molar-refractivity contribution in [2.75, 3.05) is 6.61 Å². The Balaban J connectivity index is 1.58. The molecule has 3 aromatic rings. The number of hydrogen-bond acceptors (Lipinski definition) is 3. The van der Waals surface area contributed by atoms with Crippen molar-refractivity contribution in [2.24, 2.45) is 0 Å². The number of fused-ring (bicyclic) bond motifs is 1. The fourth-order valence-electron chi connectivity index (χ4n) is 4.42. The number of pyridine rings is 1. The largest absolute Gasteiger partial charge is 0.494 e. The molecule has 0 radical (unpaired) electrons. The van der Waals surface area contributed by atoms with Gasteiger partial charge in [0, 0.05) is 29.1 Å². The molecule has 0 atom stereocenters. The molecule has 1 aliphatic rings. The lowest BCUT2D eigenvalue weighted by Crippen LogP contribution is -2.46.